The second-order valence-corrected chi connectivity index (χ2v) is 7.43. The molecule has 2 aromatic rings. The van der Waals surface area contributed by atoms with Gasteiger partial charge in [0.2, 0.25) is 5.82 Å². The fourth-order valence-electron chi connectivity index (χ4n) is 3.67. The van der Waals surface area contributed by atoms with Gasteiger partial charge in [-0.3, -0.25) is 14.3 Å². The standard InChI is InChI=1S/C19H25N3O4/c1-12(2)14-8-7-13(3)10-16(14)25-17(23)11-22-18(21-26-19(22)24)15-6-4-5-9-20-15/h4-6,9,12-14,16H,7-8,10-11H2,1-3H3/t13-,14-,16-/m1/s1. The molecule has 3 atom stereocenters. The molecule has 2 heterocycles. The molecule has 0 unspecified atom stereocenters. The Hall–Kier alpha value is -2.44. The number of esters is 1. The van der Waals surface area contributed by atoms with Crippen LogP contribution in [0.15, 0.2) is 33.7 Å². The van der Waals surface area contributed by atoms with E-state index in [0.29, 0.717) is 23.4 Å². The van der Waals surface area contributed by atoms with E-state index in [1.54, 1.807) is 24.4 Å². The first-order valence-corrected chi connectivity index (χ1v) is 9.13. The number of hydrogen-bond donors (Lipinski definition) is 0. The molecule has 0 aliphatic heterocycles. The summed E-state index contributed by atoms with van der Waals surface area (Å²) in [6, 6.07) is 5.24. The third-order valence-electron chi connectivity index (χ3n) is 5.11. The normalized spacial score (nSPS) is 23.2. The van der Waals surface area contributed by atoms with Crippen molar-refractivity contribution in [3.8, 4) is 11.5 Å². The van der Waals surface area contributed by atoms with Crippen molar-refractivity contribution in [3.63, 3.8) is 0 Å². The molecule has 7 nitrogen and oxygen atoms in total. The van der Waals surface area contributed by atoms with E-state index in [0.717, 1.165) is 19.3 Å². The minimum atomic E-state index is -0.694. The Morgan fingerprint density at radius 1 is 1.38 bits per heavy atom. The average molecular weight is 359 g/mol. The van der Waals surface area contributed by atoms with Crippen molar-refractivity contribution in [1.29, 1.82) is 0 Å². The lowest BCUT2D eigenvalue weighted by molar-refractivity contribution is -0.156. The number of aromatic nitrogens is 3. The third-order valence-corrected chi connectivity index (χ3v) is 5.11. The molecule has 0 aromatic carbocycles. The van der Waals surface area contributed by atoms with Crippen LogP contribution in [0.1, 0.15) is 40.0 Å². The lowest BCUT2D eigenvalue weighted by Gasteiger charge is -2.36. The fraction of sp³-hybridized carbons (Fsp3) is 0.579. The number of nitrogens with zero attached hydrogens (tertiary/aromatic N) is 3. The van der Waals surface area contributed by atoms with Gasteiger partial charge in [-0.15, -0.1) is 0 Å². The molecule has 1 aliphatic carbocycles. The van der Waals surface area contributed by atoms with Gasteiger partial charge in [0.1, 0.15) is 18.3 Å². The molecular formula is C19H25N3O4. The van der Waals surface area contributed by atoms with Gasteiger partial charge >= 0.3 is 11.7 Å². The monoisotopic (exact) mass is 359 g/mol. The molecule has 0 bridgehead atoms. The van der Waals surface area contributed by atoms with Gasteiger partial charge in [0.25, 0.3) is 0 Å². The summed E-state index contributed by atoms with van der Waals surface area (Å²) >= 11 is 0. The number of ether oxygens (including phenoxy) is 1. The Kier molecular flexibility index (Phi) is 5.54. The lowest BCUT2D eigenvalue weighted by Crippen LogP contribution is -2.37. The van der Waals surface area contributed by atoms with Crippen molar-refractivity contribution >= 4 is 5.97 Å². The van der Waals surface area contributed by atoms with Crippen molar-refractivity contribution in [1.82, 2.24) is 14.7 Å². The maximum atomic E-state index is 12.5. The number of carbonyl (C=O) groups excluding carboxylic acids is 1. The van der Waals surface area contributed by atoms with Crippen molar-refractivity contribution in [2.45, 2.75) is 52.7 Å². The highest BCUT2D eigenvalue weighted by Gasteiger charge is 2.33. The van der Waals surface area contributed by atoms with E-state index in [4.69, 9.17) is 9.26 Å². The first-order valence-electron chi connectivity index (χ1n) is 9.13. The first-order chi connectivity index (χ1) is 12.5. The Morgan fingerprint density at radius 2 is 2.19 bits per heavy atom. The van der Waals surface area contributed by atoms with Crippen LogP contribution in [0.4, 0.5) is 0 Å². The molecule has 0 N–H and O–H groups in total. The molecule has 0 spiro atoms. The van der Waals surface area contributed by atoms with Gasteiger partial charge in [-0.25, -0.2) is 9.36 Å². The summed E-state index contributed by atoms with van der Waals surface area (Å²) < 4.78 is 11.7. The van der Waals surface area contributed by atoms with E-state index in [9.17, 15) is 9.59 Å². The highest BCUT2D eigenvalue weighted by molar-refractivity contribution is 5.70. The Morgan fingerprint density at radius 3 is 2.88 bits per heavy atom. The van der Waals surface area contributed by atoms with Crippen molar-refractivity contribution in [3.05, 3.63) is 34.9 Å². The molecule has 1 aliphatic rings. The SMILES string of the molecule is CC(C)[C@H]1CC[C@@H](C)C[C@H]1OC(=O)Cn1c(-c2ccccn2)noc1=O. The molecule has 0 saturated heterocycles. The minimum Gasteiger partial charge on any atom is -0.461 e. The molecule has 3 rings (SSSR count). The third kappa shape index (κ3) is 4.03. The summed E-state index contributed by atoms with van der Waals surface area (Å²) in [5.74, 6) is 0.416. The van der Waals surface area contributed by atoms with Crippen molar-refractivity contribution in [2.24, 2.45) is 17.8 Å². The zero-order valence-corrected chi connectivity index (χ0v) is 15.4. The smallest absolute Gasteiger partial charge is 0.442 e. The van der Waals surface area contributed by atoms with E-state index in [2.05, 4.69) is 30.9 Å². The summed E-state index contributed by atoms with van der Waals surface area (Å²) in [5, 5.41) is 3.75. The molecule has 26 heavy (non-hydrogen) atoms. The highest BCUT2D eigenvalue weighted by atomic mass is 16.5. The summed E-state index contributed by atoms with van der Waals surface area (Å²) in [6.07, 6.45) is 4.56. The summed E-state index contributed by atoms with van der Waals surface area (Å²) in [4.78, 5) is 28.6. The maximum absolute atomic E-state index is 12.5. The molecule has 1 fully saturated rings. The van der Waals surface area contributed by atoms with Gasteiger partial charge in [-0.2, -0.15) is 0 Å². The number of carbonyl (C=O) groups is 1. The Bertz CT molecular complexity index is 797. The quantitative estimate of drug-likeness (QED) is 0.763. The van der Waals surface area contributed by atoms with Crippen LogP contribution >= 0.6 is 0 Å². The minimum absolute atomic E-state index is 0.111. The molecule has 0 amide bonds. The lowest BCUT2D eigenvalue weighted by atomic mass is 9.75. The van der Waals surface area contributed by atoms with E-state index in [1.807, 2.05) is 0 Å². The largest absolute Gasteiger partial charge is 0.461 e. The van der Waals surface area contributed by atoms with E-state index in [-0.39, 0.29) is 18.5 Å². The van der Waals surface area contributed by atoms with Gasteiger partial charge in [-0.05, 0) is 42.7 Å². The molecule has 0 radical (unpaired) electrons. The maximum Gasteiger partial charge on any atom is 0.442 e. The van der Waals surface area contributed by atoms with E-state index < -0.39 is 11.7 Å². The van der Waals surface area contributed by atoms with Crippen molar-refractivity contribution in [2.75, 3.05) is 0 Å². The fourth-order valence-corrected chi connectivity index (χ4v) is 3.67. The van der Waals surface area contributed by atoms with Crippen LogP contribution in [0.5, 0.6) is 0 Å². The number of pyridine rings is 1. The second kappa shape index (κ2) is 7.85. The van der Waals surface area contributed by atoms with Crippen LogP contribution in [0.2, 0.25) is 0 Å². The van der Waals surface area contributed by atoms with Crippen LogP contribution in [0.25, 0.3) is 11.5 Å². The van der Waals surface area contributed by atoms with E-state index >= 15 is 0 Å². The first kappa shape index (κ1) is 18.4. The van der Waals surface area contributed by atoms with Gasteiger partial charge in [-0.1, -0.05) is 38.4 Å². The number of hydrogen-bond acceptors (Lipinski definition) is 6. The van der Waals surface area contributed by atoms with Crippen LogP contribution in [0.3, 0.4) is 0 Å². The van der Waals surface area contributed by atoms with Gasteiger partial charge in [0, 0.05) is 6.20 Å². The predicted molar refractivity (Wildman–Crippen MR) is 95.2 cm³/mol. The zero-order chi connectivity index (χ0) is 18.7. The molecule has 7 heteroatoms. The van der Waals surface area contributed by atoms with Gasteiger partial charge in [0.05, 0.1) is 0 Å². The molecule has 1 saturated carbocycles. The Labute approximate surface area is 152 Å². The van der Waals surface area contributed by atoms with Crippen LogP contribution in [0, 0.1) is 17.8 Å². The predicted octanol–water partition coefficient (Wildman–Crippen LogP) is 2.90. The highest BCUT2D eigenvalue weighted by Crippen LogP contribution is 2.35. The van der Waals surface area contributed by atoms with Gasteiger partial charge in [0.15, 0.2) is 0 Å². The molecular weight excluding hydrogens is 334 g/mol. The van der Waals surface area contributed by atoms with Gasteiger partial charge < -0.3 is 4.74 Å². The molecule has 2 aromatic heterocycles. The second-order valence-electron chi connectivity index (χ2n) is 7.43. The van der Waals surface area contributed by atoms with Crippen LogP contribution < -0.4 is 5.76 Å². The van der Waals surface area contributed by atoms with Crippen molar-refractivity contribution < 1.29 is 14.1 Å². The summed E-state index contributed by atoms with van der Waals surface area (Å²) in [7, 11) is 0. The van der Waals surface area contributed by atoms with Crippen LogP contribution in [-0.2, 0) is 16.1 Å². The Balaban J connectivity index is 1.74. The average Bonchev–Trinajstić information content (AvgIpc) is 2.96. The number of rotatable bonds is 5. The topological polar surface area (TPSA) is 87.2 Å². The van der Waals surface area contributed by atoms with Crippen LogP contribution in [-0.4, -0.2) is 26.8 Å². The zero-order valence-electron chi connectivity index (χ0n) is 15.4. The molecule has 140 valence electrons. The summed E-state index contributed by atoms with van der Waals surface area (Å²) in [5.41, 5.74) is 0.470. The van der Waals surface area contributed by atoms with E-state index in [1.165, 1.54) is 4.57 Å². The summed E-state index contributed by atoms with van der Waals surface area (Å²) in [6.45, 7) is 6.27.